The van der Waals surface area contributed by atoms with E-state index < -0.39 is 0 Å². The maximum absolute atomic E-state index is 12.2. The molecule has 2 aromatic carbocycles. The molecule has 1 aromatic heterocycles. The Hall–Kier alpha value is -2.00. The summed E-state index contributed by atoms with van der Waals surface area (Å²) < 4.78 is 5.12. The number of piperazine rings is 1. The van der Waals surface area contributed by atoms with Crippen LogP contribution in [0.1, 0.15) is 0 Å². The quantitative estimate of drug-likeness (QED) is 0.298. The number of hydrogen-bond acceptors (Lipinski definition) is 4. The van der Waals surface area contributed by atoms with Gasteiger partial charge in [0.05, 0.1) is 0 Å². The second-order valence-electron chi connectivity index (χ2n) is 6.00. The molecule has 0 aliphatic carbocycles. The zero-order valence-corrected chi connectivity index (χ0v) is 15.9. The number of phenols is 1. The first-order chi connectivity index (χ1) is 12.2. The Labute approximate surface area is 156 Å². The minimum absolute atomic E-state index is 0.0197. The fourth-order valence-electron chi connectivity index (χ4n) is 3.13. The summed E-state index contributed by atoms with van der Waals surface area (Å²) in [4.78, 5) is 17.3. The Morgan fingerprint density at radius 1 is 1.00 bits per heavy atom. The van der Waals surface area contributed by atoms with E-state index >= 15 is 0 Å². The summed E-state index contributed by atoms with van der Waals surface area (Å²) in [6.45, 7) is 3.75. The van der Waals surface area contributed by atoms with Crippen LogP contribution in [0.25, 0.3) is 11.0 Å². The zero-order valence-electron chi connectivity index (χ0n) is 13.7. The molecular weight excluding hydrogens is 431 g/mol. The van der Waals surface area contributed by atoms with Crippen molar-refractivity contribution in [2.24, 2.45) is 0 Å². The van der Waals surface area contributed by atoms with Crippen LogP contribution < -0.4 is 32.1 Å². The first-order valence-electron chi connectivity index (χ1n) is 8.27. The number of phenolic OH excluding ortho intramolecular Hbond substituents is 1. The van der Waals surface area contributed by atoms with E-state index in [4.69, 9.17) is 0 Å². The molecular formula is C18H20IN4O2-. The zero-order chi connectivity index (χ0) is 17.2. The molecule has 0 radical (unpaired) electrons. The molecule has 6 nitrogen and oxygen atoms in total. The number of hydrogen-bond donors (Lipinski definition) is 2. The molecule has 2 N–H and O–H groups in total. The van der Waals surface area contributed by atoms with Gasteiger partial charge in [0, 0.05) is 0 Å². The summed E-state index contributed by atoms with van der Waals surface area (Å²) in [6, 6.07) is 15.3. The molecule has 0 amide bonds. The van der Waals surface area contributed by atoms with Gasteiger partial charge in [0.25, 0.3) is 0 Å². The molecule has 132 valence electrons. The van der Waals surface area contributed by atoms with E-state index in [2.05, 4.69) is 13.0 Å². The van der Waals surface area contributed by atoms with Gasteiger partial charge in [-0.2, -0.15) is 0 Å². The van der Waals surface area contributed by atoms with Crippen LogP contribution in [0.2, 0.25) is 0 Å². The standard InChI is InChI=1S/C18H20IN4O2/c24-17-8-4-3-7-16(17)21-9-11-22(12-10-21)19-13-23-15-6-2-1-5-14(15)20-18(23)25/h1-8,24H,9-13H2,(H,20,25)/q-1. The van der Waals surface area contributed by atoms with Gasteiger partial charge in [0.15, 0.2) is 0 Å². The Morgan fingerprint density at radius 3 is 2.52 bits per heavy atom. The number of benzene rings is 2. The Balaban J connectivity index is 1.38. The predicted octanol–water partition coefficient (Wildman–Crippen LogP) is -1.18. The molecule has 0 saturated carbocycles. The van der Waals surface area contributed by atoms with Gasteiger partial charge in [-0.3, -0.25) is 0 Å². The number of halogens is 1. The van der Waals surface area contributed by atoms with Crippen molar-refractivity contribution in [1.29, 1.82) is 0 Å². The molecule has 4 rings (SSSR count). The number of nitrogens with zero attached hydrogens (tertiary/aromatic N) is 3. The number of aromatic nitrogens is 2. The molecule has 3 aromatic rings. The van der Waals surface area contributed by atoms with E-state index in [0.29, 0.717) is 5.75 Å². The van der Waals surface area contributed by atoms with Crippen molar-refractivity contribution in [3.05, 3.63) is 59.0 Å². The molecule has 1 aliphatic rings. The van der Waals surface area contributed by atoms with E-state index in [-0.39, 0.29) is 27.2 Å². The monoisotopic (exact) mass is 451 g/mol. The van der Waals surface area contributed by atoms with E-state index in [1.807, 2.05) is 47.0 Å². The number of H-pyrrole nitrogens is 1. The number of rotatable bonds is 4. The van der Waals surface area contributed by atoms with Crippen molar-refractivity contribution in [2.45, 2.75) is 4.55 Å². The Kier molecular flexibility index (Phi) is 4.67. The molecule has 1 saturated heterocycles. The van der Waals surface area contributed by atoms with Crippen LogP contribution in [0.15, 0.2) is 53.3 Å². The van der Waals surface area contributed by atoms with Crippen molar-refractivity contribution in [3.8, 4) is 5.75 Å². The van der Waals surface area contributed by atoms with Crippen LogP contribution in [-0.4, -0.2) is 43.9 Å². The average molecular weight is 451 g/mol. The summed E-state index contributed by atoms with van der Waals surface area (Å²) >= 11 is -0.251. The van der Waals surface area contributed by atoms with Crippen molar-refractivity contribution < 1.29 is 26.6 Å². The summed E-state index contributed by atoms with van der Waals surface area (Å²) in [7, 11) is 0. The van der Waals surface area contributed by atoms with Crippen LogP contribution in [0.3, 0.4) is 0 Å². The third-order valence-corrected chi connectivity index (χ3v) is 7.39. The Bertz CT molecular complexity index is 928. The van der Waals surface area contributed by atoms with E-state index in [1.165, 1.54) is 0 Å². The first-order valence-corrected chi connectivity index (χ1v) is 10.8. The van der Waals surface area contributed by atoms with Gasteiger partial charge in [-0.05, 0) is 0 Å². The van der Waals surface area contributed by atoms with Gasteiger partial charge in [0.1, 0.15) is 0 Å². The van der Waals surface area contributed by atoms with E-state index in [0.717, 1.165) is 47.5 Å². The predicted molar refractivity (Wildman–Crippen MR) is 94.5 cm³/mol. The van der Waals surface area contributed by atoms with Gasteiger partial charge in [-0.25, -0.2) is 0 Å². The molecule has 0 bridgehead atoms. The molecule has 0 unspecified atom stereocenters. The second kappa shape index (κ2) is 7.09. The number of nitrogens with one attached hydrogen (secondary N) is 1. The summed E-state index contributed by atoms with van der Waals surface area (Å²) in [6.07, 6.45) is 0. The topological polar surface area (TPSA) is 64.5 Å². The molecule has 2 heterocycles. The third-order valence-electron chi connectivity index (χ3n) is 4.47. The van der Waals surface area contributed by atoms with Crippen LogP contribution in [0, 0.1) is 0 Å². The van der Waals surface area contributed by atoms with Crippen molar-refractivity contribution >= 4 is 16.7 Å². The SMILES string of the molecule is O=c1[nH]c2ccccc2n1C[I-]N1CCN(c2ccccc2O)CC1. The van der Waals surface area contributed by atoms with Crippen LogP contribution >= 0.6 is 0 Å². The van der Waals surface area contributed by atoms with Gasteiger partial charge in [-0.15, -0.1) is 0 Å². The molecule has 7 heteroatoms. The molecule has 25 heavy (non-hydrogen) atoms. The number of alkyl halides is 1. The average Bonchev–Trinajstić information content (AvgIpc) is 2.96. The van der Waals surface area contributed by atoms with Gasteiger partial charge < -0.3 is 0 Å². The third kappa shape index (κ3) is 3.38. The summed E-state index contributed by atoms with van der Waals surface area (Å²) in [5.74, 6) is 0.344. The van der Waals surface area contributed by atoms with Crippen molar-refractivity contribution in [3.63, 3.8) is 0 Å². The van der Waals surface area contributed by atoms with Crippen LogP contribution in [-0.2, 0) is 4.55 Å². The van der Waals surface area contributed by atoms with Crippen LogP contribution in [0.5, 0.6) is 5.75 Å². The Morgan fingerprint density at radius 2 is 1.72 bits per heavy atom. The first kappa shape index (κ1) is 16.5. The number of aromatic hydroxyl groups is 1. The number of anilines is 1. The molecule has 0 spiro atoms. The number of aromatic amines is 1. The molecule has 1 fully saturated rings. The van der Waals surface area contributed by atoms with Crippen LogP contribution in [0.4, 0.5) is 5.69 Å². The summed E-state index contributed by atoms with van der Waals surface area (Å²) in [5, 5.41) is 10.00. The fourth-order valence-corrected chi connectivity index (χ4v) is 5.66. The minimum atomic E-state index is -0.251. The van der Waals surface area contributed by atoms with Crippen molar-refractivity contribution in [2.75, 3.05) is 31.1 Å². The maximum atomic E-state index is 12.2. The number of para-hydroxylation sites is 4. The number of fused-ring (bicyclic) bond motifs is 1. The van der Waals surface area contributed by atoms with E-state index in [1.54, 1.807) is 6.07 Å². The summed E-state index contributed by atoms with van der Waals surface area (Å²) in [5.41, 5.74) is 2.78. The molecule has 0 atom stereocenters. The second-order valence-corrected chi connectivity index (χ2v) is 8.73. The van der Waals surface area contributed by atoms with Gasteiger partial charge in [-0.1, -0.05) is 0 Å². The number of imidazole rings is 1. The van der Waals surface area contributed by atoms with E-state index in [9.17, 15) is 9.90 Å². The normalized spacial score (nSPS) is 15.9. The fraction of sp³-hybridized carbons (Fsp3) is 0.278. The van der Waals surface area contributed by atoms with Crippen molar-refractivity contribution in [1.82, 2.24) is 12.7 Å². The van der Waals surface area contributed by atoms with Gasteiger partial charge >= 0.3 is 156 Å². The molecule has 1 aliphatic heterocycles. The van der Waals surface area contributed by atoms with Gasteiger partial charge in [0.2, 0.25) is 0 Å².